The van der Waals surface area contributed by atoms with Gasteiger partial charge in [0, 0.05) is 18.9 Å². The Balaban J connectivity index is 1.55. The third-order valence-corrected chi connectivity index (χ3v) is 9.14. The second-order valence-electron chi connectivity index (χ2n) is 12.9. The third-order valence-electron chi connectivity index (χ3n) is 9.14. The van der Waals surface area contributed by atoms with Crippen molar-refractivity contribution in [1.82, 2.24) is 16.0 Å². The van der Waals surface area contributed by atoms with Crippen LogP contribution in [0, 0.1) is 0 Å². The molecule has 46 heavy (non-hydrogen) atoms. The number of nitrogens with two attached hydrogens (primary N) is 5. The van der Waals surface area contributed by atoms with Gasteiger partial charge in [0.1, 0.15) is 41.4 Å². The summed E-state index contributed by atoms with van der Waals surface area (Å²) >= 11 is 0. The number of ether oxygens (including phenoxy) is 4. The molecule has 1 amide bonds. The maximum absolute atomic E-state index is 13.3. The van der Waals surface area contributed by atoms with E-state index >= 15 is 0 Å². The Bertz CT molecular complexity index is 1090. The molecule has 2 saturated carbocycles. The van der Waals surface area contributed by atoms with Crippen LogP contribution in [0.1, 0.15) is 39.0 Å². The Morgan fingerprint density at radius 1 is 1.11 bits per heavy atom. The molecule has 264 valence electrons. The molecule has 0 aromatic rings. The Hall–Kier alpha value is -2.20. The molecule has 0 radical (unpaired) electrons. The summed E-state index contributed by atoms with van der Waals surface area (Å²) < 4.78 is 24.2. The van der Waals surface area contributed by atoms with Gasteiger partial charge in [-0.25, -0.2) is 0 Å². The molecule has 2 aliphatic heterocycles. The van der Waals surface area contributed by atoms with E-state index in [0.717, 1.165) is 6.42 Å². The number of amides is 1. The van der Waals surface area contributed by atoms with E-state index in [2.05, 4.69) is 20.9 Å². The van der Waals surface area contributed by atoms with Crippen molar-refractivity contribution >= 4 is 11.9 Å². The fraction of sp³-hybridized carbons (Fsp3) is 0.857. The number of hydrogen-bond donors (Lipinski definition) is 12. The van der Waals surface area contributed by atoms with Crippen molar-refractivity contribution in [1.29, 1.82) is 0 Å². The fourth-order valence-electron chi connectivity index (χ4n) is 6.60. The highest BCUT2D eigenvalue weighted by atomic mass is 16.7. The first kappa shape index (κ1) is 36.6. The fourth-order valence-corrected chi connectivity index (χ4v) is 6.60. The van der Waals surface area contributed by atoms with Crippen LogP contribution in [0.15, 0.2) is 16.8 Å². The highest BCUT2D eigenvalue weighted by molar-refractivity contribution is 5.87. The van der Waals surface area contributed by atoms with Gasteiger partial charge in [0.05, 0.1) is 37.3 Å². The van der Waals surface area contributed by atoms with E-state index in [-0.39, 0.29) is 44.4 Å². The number of likely N-dealkylation sites (N-methyl/N-ethyl adjacent to an activating group) is 1. The number of nitrogens with one attached hydrogen (secondary N) is 3. The summed E-state index contributed by atoms with van der Waals surface area (Å²) in [7, 11) is 1.58. The monoisotopic (exact) mass is 659 g/mol. The van der Waals surface area contributed by atoms with E-state index in [0.29, 0.717) is 25.3 Å². The number of aliphatic hydroxyl groups excluding tert-OH is 2. The third kappa shape index (κ3) is 8.26. The van der Waals surface area contributed by atoms with E-state index in [9.17, 15) is 25.2 Å². The molecule has 2 aliphatic carbocycles. The molecular weight excluding hydrogens is 606 g/mol. The molecule has 18 nitrogen and oxygen atoms in total. The maximum atomic E-state index is 13.3. The van der Waals surface area contributed by atoms with E-state index in [1.807, 2.05) is 6.08 Å². The molecule has 18 heteroatoms. The smallest absolute Gasteiger partial charge is 0.252 e. The molecule has 0 spiro atoms. The molecule has 0 aromatic carbocycles. The Kier molecular flexibility index (Phi) is 12.2. The molecule has 0 bridgehead atoms. The van der Waals surface area contributed by atoms with E-state index in [1.165, 1.54) is 6.92 Å². The molecule has 4 aliphatic rings. The van der Waals surface area contributed by atoms with Gasteiger partial charge >= 0.3 is 0 Å². The van der Waals surface area contributed by atoms with Gasteiger partial charge in [0.25, 0.3) is 5.91 Å². The second kappa shape index (κ2) is 15.3. The van der Waals surface area contributed by atoms with Crippen LogP contribution in [0.4, 0.5) is 0 Å². The summed E-state index contributed by atoms with van der Waals surface area (Å²) in [6.07, 6.45) is -4.12. The summed E-state index contributed by atoms with van der Waals surface area (Å²) in [5.41, 5.74) is 25.7. The standard InChI is InChI=1S/C28H53N9O9/c1-27(41)12-43-24(19(39)22(27)34-2)46-21-17(37-25(40)28(42)9-13(10-28)36-26(32)33)8-15(31)20(18(21)38)45-23-16(35-7-3-6-29)5-4-14(11-30)44-23/h4,13,15-24,34-35,38-39,41-42H,3,5-12,29-31H2,1-2H3,(H,37,40)(H4,32,33,36)/t13?,15-,16+,17+,18-,19+,20?,21-,22+,23+,24+,27-,28?/m0/s1. The number of rotatable bonds is 13. The van der Waals surface area contributed by atoms with Crippen LogP contribution in [0.2, 0.25) is 0 Å². The van der Waals surface area contributed by atoms with Crippen LogP contribution in [0.25, 0.3) is 0 Å². The molecule has 3 fully saturated rings. The van der Waals surface area contributed by atoms with Crippen molar-refractivity contribution in [3.05, 3.63) is 11.8 Å². The molecule has 11 atom stereocenters. The van der Waals surface area contributed by atoms with Gasteiger partial charge in [-0.05, 0) is 52.4 Å². The Morgan fingerprint density at radius 3 is 2.43 bits per heavy atom. The predicted molar refractivity (Wildman–Crippen MR) is 165 cm³/mol. The minimum absolute atomic E-state index is 0.00669. The molecular formula is C28H53N9O9. The van der Waals surface area contributed by atoms with Gasteiger partial charge in [0.2, 0.25) is 6.29 Å². The highest BCUT2D eigenvalue weighted by Gasteiger charge is 2.54. The normalized spacial score (nSPS) is 42.7. The van der Waals surface area contributed by atoms with Crippen molar-refractivity contribution in [3.63, 3.8) is 0 Å². The molecule has 17 N–H and O–H groups in total. The summed E-state index contributed by atoms with van der Waals surface area (Å²) in [6.45, 7) is 2.57. The largest absolute Gasteiger partial charge is 0.467 e. The quantitative estimate of drug-likeness (QED) is 0.0498. The highest BCUT2D eigenvalue weighted by Crippen LogP contribution is 2.37. The zero-order valence-electron chi connectivity index (χ0n) is 26.5. The maximum Gasteiger partial charge on any atom is 0.252 e. The van der Waals surface area contributed by atoms with Gasteiger partial charge in [-0.2, -0.15) is 0 Å². The topological polar surface area (TPSA) is 313 Å². The predicted octanol–water partition coefficient (Wildman–Crippen LogP) is -5.55. The zero-order valence-corrected chi connectivity index (χ0v) is 26.5. The van der Waals surface area contributed by atoms with Crippen molar-refractivity contribution < 1.29 is 44.2 Å². The number of aliphatic imine (C=N–C) groups is 1. The lowest BCUT2D eigenvalue weighted by molar-refractivity contribution is -0.304. The number of guanidine groups is 1. The molecule has 1 saturated heterocycles. The van der Waals surface area contributed by atoms with Crippen LogP contribution in [0.3, 0.4) is 0 Å². The molecule has 0 aromatic heterocycles. The summed E-state index contributed by atoms with van der Waals surface area (Å²) in [4.78, 5) is 17.3. The van der Waals surface area contributed by atoms with Crippen LogP contribution >= 0.6 is 0 Å². The van der Waals surface area contributed by atoms with E-state index in [1.54, 1.807) is 7.05 Å². The number of carbonyl (C=O) groups is 1. The van der Waals surface area contributed by atoms with E-state index < -0.39 is 78.3 Å². The summed E-state index contributed by atoms with van der Waals surface area (Å²) in [6, 6.07) is -3.33. The average molecular weight is 660 g/mol. The minimum atomic E-state index is -1.75. The van der Waals surface area contributed by atoms with Gasteiger partial charge in [-0.15, -0.1) is 0 Å². The lowest BCUT2D eigenvalue weighted by atomic mass is 9.74. The van der Waals surface area contributed by atoms with Crippen LogP contribution in [-0.4, -0.2) is 144 Å². The van der Waals surface area contributed by atoms with Gasteiger partial charge in [0.15, 0.2) is 12.2 Å². The summed E-state index contributed by atoms with van der Waals surface area (Å²) in [5.74, 6) is -0.341. The van der Waals surface area contributed by atoms with Crippen molar-refractivity contribution in [2.24, 2.45) is 33.7 Å². The van der Waals surface area contributed by atoms with Crippen LogP contribution < -0.4 is 44.6 Å². The Labute approximate surface area is 268 Å². The number of nitrogens with zero attached hydrogens (tertiary/aromatic N) is 1. The van der Waals surface area contributed by atoms with E-state index in [4.69, 9.17) is 47.6 Å². The lowest BCUT2D eigenvalue weighted by Crippen LogP contribution is -2.70. The number of carbonyl (C=O) groups excluding carboxylic acids is 1. The SMILES string of the molecule is CN[C@@H]1[C@@H](O)[C@@H](O[C@H]2[C@H](NC(=O)C3(O)CC(N=C(N)N)C3)C[C@H](N)C(O[C@H]3OC(CN)=CC[C@H]3NCCCN)[C@@H]2O)OC[C@]1(C)O. The van der Waals surface area contributed by atoms with Gasteiger partial charge in [-0.1, -0.05) is 0 Å². The average Bonchev–Trinajstić information content (AvgIpc) is 2.97. The molecule has 1 unspecified atom stereocenters. The molecule has 4 rings (SSSR count). The lowest BCUT2D eigenvalue weighted by Gasteiger charge is -2.49. The zero-order chi connectivity index (χ0) is 33.8. The number of hydrogen-bond acceptors (Lipinski definition) is 15. The number of aliphatic hydroxyl groups is 4. The first-order valence-electron chi connectivity index (χ1n) is 15.8. The van der Waals surface area contributed by atoms with Gasteiger partial charge < -0.3 is 84.0 Å². The summed E-state index contributed by atoms with van der Waals surface area (Å²) in [5, 5.41) is 53.5. The van der Waals surface area contributed by atoms with Gasteiger partial charge in [-0.3, -0.25) is 9.79 Å². The second-order valence-corrected chi connectivity index (χ2v) is 12.9. The van der Waals surface area contributed by atoms with Crippen molar-refractivity contribution in [2.75, 3.05) is 33.3 Å². The first-order valence-corrected chi connectivity index (χ1v) is 15.8. The van der Waals surface area contributed by atoms with Crippen LogP contribution in [0.5, 0.6) is 0 Å². The Morgan fingerprint density at radius 2 is 1.80 bits per heavy atom. The van der Waals surface area contributed by atoms with Crippen molar-refractivity contribution in [3.8, 4) is 0 Å². The van der Waals surface area contributed by atoms with Crippen molar-refractivity contribution in [2.45, 2.75) is 117 Å². The van der Waals surface area contributed by atoms with Crippen LogP contribution in [-0.2, 0) is 23.7 Å². The first-order chi connectivity index (χ1) is 21.7. The molecule has 2 heterocycles. The minimum Gasteiger partial charge on any atom is -0.467 e.